The van der Waals surface area contributed by atoms with Crippen LogP contribution in [0.1, 0.15) is 26.4 Å². The molecule has 2 amide bonds. The summed E-state index contributed by atoms with van der Waals surface area (Å²) < 4.78 is 0. The summed E-state index contributed by atoms with van der Waals surface area (Å²) in [5.74, 6) is -1.47. The van der Waals surface area contributed by atoms with Crippen molar-refractivity contribution in [3.05, 3.63) is 87.6 Å². The molecule has 3 aromatic rings. The number of imide groups is 1. The fourth-order valence-corrected chi connectivity index (χ4v) is 3.98. The predicted molar refractivity (Wildman–Crippen MR) is 110 cm³/mol. The monoisotopic (exact) mass is 390 g/mol. The number of benzene rings is 2. The van der Waals surface area contributed by atoms with Gasteiger partial charge in [0.1, 0.15) is 0 Å². The smallest absolute Gasteiger partial charge is 0.286 e. The Hall–Kier alpha value is -3.22. The number of hydroxylamine groups is 2. The molecule has 1 aliphatic rings. The van der Waals surface area contributed by atoms with Crippen LogP contribution in [0, 0.1) is 0 Å². The second kappa shape index (κ2) is 7.80. The highest BCUT2D eigenvalue weighted by Crippen LogP contribution is 2.28. The van der Waals surface area contributed by atoms with Gasteiger partial charge in [-0.25, -0.2) is 0 Å². The highest BCUT2D eigenvalue weighted by atomic mass is 32.1. The van der Waals surface area contributed by atoms with E-state index < -0.39 is 11.8 Å². The van der Waals surface area contributed by atoms with Crippen molar-refractivity contribution in [1.82, 2.24) is 5.06 Å². The Bertz CT molecular complexity index is 1040. The number of fused-ring (bicyclic) bond motifs is 1. The van der Waals surface area contributed by atoms with Crippen LogP contribution in [0.3, 0.4) is 0 Å². The van der Waals surface area contributed by atoms with Gasteiger partial charge >= 0.3 is 0 Å². The van der Waals surface area contributed by atoms with E-state index in [1.165, 1.54) is 11.3 Å². The molecule has 1 aliphatic heterocycles. The summed E-state index contributed by atoms with van der Waals surface area (Å²) in [6.07, 6.45) is 2.36. The molecule has 2 aromatic carbocycles. The molecule has 0 atom stereocenters. The Morgan fingerprint density at radius 3 is 2.61 bits per heavy atom. The van der Waals surface area contributed by atoms with Crippen molar-refractivity contribution in [3.8, 4) is 0 Å². The van der Waals surface area contributed by atoms with E-state index in [1.807, 2.05) is 47.8 Å². The number of nitrogens with one attached hydrogen (secondary N) is 1. The first-order chi connectivity index (χ1) is 13.6. The molecule has 0 fully saturated rings. The molecule has 2 N–H and O–H groups in total. The fraction of sp³-hybridized carbons (Fsp3) is 0.0909. The summed E-state index contributed by atoms with van der Waals surface area (Å²) in [4.78, 5) is 26.6. The quantitative estimate of drug-likeness (QED) is 0.396. The summed E-state index contributed by atoms with van der Waals surface area (Å²) in [6, 6.07) is 18.2. The molecule has 0 saturated heterocycles. The van der Waals surface area contributed by atoms with Gasteiger partial charge in [-0.15, -0.1) is 16.4 Å². The van der Waals surface area contributed by atoms with E-state index in [2.05, 4.69) is 5.32 Å². The van der Waals surface area contributed by atoms with Gasteiger partial charge < -0.3 is 5.32 Å². The molecule has 0 bridgehead atoms. The number of anilines is 1. The number of carbonyl (C=O) groups excluding carboxylic acids is 2. The van der Waals surface area contributed by atoms with E-state index in [9.17, 15) is 14.8 Å². The highest BCUT2D eigenvalue weighted by Gasteiger charge is 2.28. The maximum absolute atomic E-state index is 13.0. The normalized spacial score (nSPS) is 13.0. The predicted octanol–water partition coefficient (Wildman–Crippen LogP) is 4.31. The zero-order chi connectivity index (χ0) is 19.5. The van der Waals surface area contributed by atoms with Crippen LogP contribution in [0.2, 0.25) is 0 Å². The first-order valence-electron chi connectivity index (χ1n) is 8.89. The Morgan fingerprint density at radius 1 is 1.04 bits per heavy atom. The van der Waals surface area contributed by atoms with E-state index in [-0.39, 0.29) is 10.6 Å². The van der Waals surface area contributed by atoms with E-state index in [4.69, 9.17) is 0 Å². The second-order valence-electron chi connectivity index (χ2n) is 6.38. The number of carbonyl (C=O) groups is 2. The minimum Gasteiger partial charge on any atom is -0.384 e. The summed E-state index contributed by atoms with van der Waals surface area (Å²) in [5.41, 5.74) is 3.10. The third-order valence-electron chi connectivity index (χ3n) is 4.61. The molecule has 0 radical (unpaired) electrons. The fourth-order valence-electron chi connectivity index (χ4n) is 3.25. The summed E-state index contributed by atoms with van der Waals surface area (Å²) >= 11 is 1.38. The lowest BCUT2D eigenvalue weighted by atomic mass is 10.0. The molecule has 0 spiro atoms. The van der Waals surface area contributed by atoms with Crippen LogP contribution in [-0.2, 0) is 11.2 Å². The standard InChI is InChI=1S/C22H18N2O3S/c25-21(17-8-4-9-19-16(17)11-12-23-19)24(27)22(26)18(20-10-5-13-28-20)14-15-6-2-1-3-7-15/h1-10,13-14,23,27H,11-12H2. The van der Waals surface area contributed by atoms with Crippen molar-refractivity contribution >= 4 is 40.5 Å². The number of rotatable bonds is 4. The zero-order valence-electron chi connectivity index (χ0n) is 15.0. The first-order valence-corrected chi connectivity index (χ1v) is 9.77. The molecular weight excluding hydrogens is 372 g/mol. The summed E-state index contributed by atoms with van der Waals surface area (Å²) in [6.45, 7) is 0.730. The van der Waals surface area contributed by atoms with Crippen LogP contribution in [0.5, 0.6) is 0 Å². The van der Waals surface area contributed by atoms with Gasteiger partial charge in [-0.05, 0) is 47.2 Å². The molecule has 28 heavy (non-hydrogen) atoms. The molecule has 6 heteroatoms. The Morgan fingerprint density at radius 2 is 1.86 bits per heavy atom. The largest absolute Gasteiger partial charge is 0.384 e. The number of hydrogen-bond acceptors (Lipinski definition) is 5. The third kappa shape index (κ3) is 3.47. The molecule has 140 valence electrons. The van der Waals surface area contributed by atoms with Gasteiger partial charge in [-0.2, -0.15) is 0 Å². The average Bonchev–Trinajstić information content (AvgIpc) is 3.42. The van der Waals surface area contributed by atoms with E-state index in [0.717, 1.165) is 23.4 Å². The minimum atomic E-state index is -0.750. The number of amides is 2. The van der Waals surface area contributed by atoms with Crippen LogP contribution >= 0.6 is 11.3 Å². The number of nitrogens with zero attached hydrogens (tertiary/aromatic N) is 1. The van der Waals surface area contributed by atoms with E-state index >= 15 is 0 Å². The van der Waals surface area contributed by atoms with Gasteiger partial charge in [-0.1, -0.05) is 42.5 Å². The van der Waals surface area contributed by atoms with Crippen molar-refractivity contribution in [1.29, 1.82) is 0 Å². The van der Waals surface area contributed by atoms with E-state index in [1.54, 1.807) is 24.3 Å². The number of hydrogen-bond donors (Lipinski definition) is 2. The Kier molecular flexibility index (Phi) is 5.06. The van der Waals surface area contributed by atoms with Crippen LogP contribution in [0.4, 0.5) is 5.69 Å². The molecule has 4 rings (SSSR count). The highest BCUT2D eigenvalue weighted by molar-refractivity contribution is 7.11. The van der Waals surface area contributed by atoms with Crippen molar-refractivity contribution in [2.45, 2.75) is 6.42 Å². The maximum atomic E-state index is 13.0. The topological polar surface area (TPSA) is 69.6 Å². The van der Waals surface area contributed by atoms with Crippen LogP contribution in [0.25, 0.3) is 11.6 Å². The molecular formula is C22H18N2O3S. The average molecular weight is 390 g/mol. The second-order valence-corrected chi connectivity index (χ2v) is 7.32. The summed E-state index contributed by atoms with van der Waals surface area (Å²) in [5, 5.41) is 15.8. The van der Waals surface area contributed by atoms with Crippen molar-refractivity contribution in [2.24, 2.45) is 0 Å². The SMILES string of the molecule is O=C(C(=Cc1ccccc1)c1cccs1)N(O)C(=O)c1cccc2c1CCN2. The van der Waals surface area contributed by atoms with Gasteiger partial charge in [0.05, 0.1) is 5.57 Å². The Balaban J connectivity index is 1.68. The zero-order valence-corrected chi connectivity index (χ0v) is 15.8. The Labute approximate surface area is 166 Å². The van der Waals surface area contributed by atoms with Crippen LogP contribution in [0.15, 0.2) is 66.0 Å². The molecule has 1 aromatic heterocycles. The molecule has 2 heterocycles. The maximum Gasteiger partial charge on any atom is 0.286 e. The lowest BCUT2D eigenvalue weighted by molar-refractivity contribution is -0.146. The minimum absolute atomic E-state index is 0.225. The molecule has 5 nitrogen and oxygen atoms in total. The number of thiophene rings is 1. The lowest BCUT2D eigenvalue weighted by Gasteiger charge is -2.16. The van der Waals surface area contributed by atoms with E-state index in [0.29, 0.717) is 16.9 Å². The first kappa shape index (κ1) is 18.2. The molecule has 0 saturated carbocycles. The van der Waals surface area contributed by atoms with Gasteiger partial charge in [0, 0.05) is 22.7 Å². The van der Waals surface area contributed by atoms with Gasteiger partial charge in [0.15, 0.2) is 0 Å². The van der Waals surface area contributed by atoms with Crippen molar-refractivity contribution in [3.63, 3.8) is 0 Å². The van der Waals surface area contributed by atoms with Gasteiger partial charge in [0.25, 0.3) is 11.8 Å². The van der Waals surface area contributed by atoms with Gasteiger partial charge in [0.2, 0.25) is 0 Å². The van der Waals surface area contributed by atoms with Gasteiger partial charge in [-0.3, -0.25) is 14.8 Å². The van der Waals surface area contributed by atoms with Crippen molar-refractivity contribution < 1.29 is 14.8 Å². The lowest BCUT2D eigenvalue weighted by Crippen LogP contribution is -2.34. The van der Waals surface area contributed by atoms with Crippen molar-refractivity contribution in [2.75, 3.05) is 11.9 Å². The summed E-state index contributed by atoms with van der Waals surface area (Å²) in [7, 11) is 0. The van der Waals surface area contributed by atoms with Crippen LogP contribution in [-0.4, -0.2) is 28.6 Å². The van der Waals surface area contributed by atoms with Crippen LogP contribution < -0.4 is 5.32 Å². The molecule has 0 unspecified atom stereocenters. The molecule has 0 aliphatic carbocycles. The third-order valence-corrected chi connectivity index (χ3v) is 5.51.